The van der Waals surface area contributed by atoms with E-state index in [1.54, 1.807) is 7.11 Å². The number of aromatic nitrogens is 2. The van der Waals surface area contributed by atoms with Crippen LogP contribution in [0, 0.1) is 5.92 Å². The van der Waals surface area contributed by atoms with Crippen LogP contribution in [0.1, 0.15) is 97.3 Å². The highest BCUT2D eigenvalue weighted by Gasteiger charge is 2.62. The van der Waals surface area contributed by atoms with Crippen molar-refractivity contribution in [3.63, 3.8) is 0 Å². The predicted molar refractivity (Wildman–Crippen MR) is 207 cm³/mol. The van der Waals surface area contributed by atoms with Gasteiger partial charge < -0.3 is 40.2 Å². The van der Waals surface area contributed by atoms with Crippen molar-refractivity contribution in [2.45, 2.75) is 133 Å². The first-order valence-corrected chi connectivity index (χ1v) is 20.6. The molecule has 2 aliphatic heterocycles. The second-order valence-electron chi connectivity index (χ2n) is 15.7. The molecule has 4 N–H and O–H groups in total. The van der Waals surface area contributed by atoms with Gasteiger partial charge in [-0.05, 0) is 76.8 Å². The molecule has 1 unspecified atom stereocenters. The lowest BCUT2D eigenvalue weighted by Crippen LogP contribution is -2.56. The van der Waals surface area contributed by atoms with Gasteiger partial charge in [0.2, 0.25) is 11.8 Å². The van der Waals surface area contributed by atoms with Gasteiger partial charge in [-0.1, -0.05) is 32.1 Å². The number of benzene rings is 1. The molecule has 4 fully saturated rings. The van der Waals surface area contributed by atoms with Crippen molar-refractivity contribution >= 4 is 51.2 Å². The van der Waals surface area contributed by atoms with Crippen LogP contribution in [-0.2, 0) is 19.1 Å². The lowest BCUT2D eigenvalue weighted by Gasteiger charge is -2.29. The molecule has 3 amide bonds. The number of carboxylic acid groups (broad SMARTS) is 1. The van der Waals surface area contributed by atoms with Gasteiger partial charge in [0.05, 0.1) is 24.9 Å². The van der Waals surface area contributed by atoms with Crippen LogP contribution in [-0.4, -0.2) is 93.4 Å². The minimum Gasteiger partial charge on any atom is -0.497 e. The minimum atomic E-state index is -1.36. The average molecular weight is 777 g/mol. The molecular weight excluding hydrogens is 725 g/mol. The molecule has 0 bridgehead atoms. The molecule has 14 nitrogen and oxygen atoms in total. The molecular formula is C40H52N6O8S. The summed E-state index contributed by atoms with van der Waals surface area (Å²) < 4.78 is 17.9. The van der Waals surface area contributed by atoms with Gasteiger partial charge in [0.25, 0.3) is 0 Å². The summed E-state index contributed by atoms with van der Waals surface area (Å²) >= 11 is 1.47. The Balaban J connectivity index is 1.19. The number of amides is 3. The van der Waals surface area contributed by atoms with E-state index in [4.69, 9.17) is 24.2 Å². The standard InChI is InChI=1S/C40H52N6O8S/c1-23(2)41-38-43-32(22-55-38)31-19-34(28-16-15-26(52-3)17-30(28)42-31)53-27-18-33-35(47)45-40(37(49)50)20-24(40)11-7-5-4-6-8-14-29(36(48)46(33)21-27)44-39(51)54-25-12-9-10-13-25/h15-17,19,22-25,27,29,33H,4-14,18,20-21H2,1-3H3,(H,41,43)(H,44,51)(H,45,47)(H,49,50)/t24?,27-,29+,33+,40-/m1/s1. The normalized spacial score (nSPS) is 26.4. The largest absolute Gasteiger partial charge is 0.497 e. The molecule has 2 saturated carbocycles. The first-order valence-electron chi connectivity index (χ1n) is 19.7. The lowest BCUT2D eigenvalue weighted by atomic mass is 10.0. The number of hydrogen-bond acceptors (Lipinski definition) is 11. The van der Waals surface area contributed by atoms with Gasteiger partial charge in [-0.2, -0.15) is 0 Å². The van der Waals surface area contributed by atoms with Crippen LogP contribution in [0.15, 0.2) is 29.6 Å². The quantitative estimate of drug-likeness (QED) is 0.192. The number of methoxy groups -OCH3 is 1. The van der Waals surface area contributed by atoms with E-state index in [9.17, 15) is 24.3 Å². The number of nitrogens with zero attached hydrogens (tertiary/aromatic N) is 3. The zero-order valence-corrected chi connectivity index (χ0v) is 32.6. The molecule has 2 aromatic heterocycles. The number of thiazole rings is 1. The number of ether oxygens (including phenoxy) is 3. The van der Waals surface area contributed by atoms with Gasteiger partial charge in [-0.25, -0.2) is 19.6 Å². The molecule has 0 radical (unpaired) electrons. The van der Waals surface area contributed by atoms with Crippen molar-refractivity contribution in [1.82, 2.24) is 25.5 Å². The number of pyridine rings is 1. The van der Waals surface area contributed by atoms with E-state index in [2.05, 4.69) is 16.0 Å². The van der Waals surface area contributed by atoms with Crippen molar-refractivity contribution in [2.75, 3.05) is 19.0 Å². The van der Waals surface area contributed by atoms with Crippen LogP contribution in [0.2, 0.25) is 0 Å². The number of fused-ring (bicyclic) bond motifs is 3. The minimum absolute atomic E-state index is 0.0464. The fourth-order valence-electron chi connectivity index (χ4n) is 8.30. The number of carbonyl (C=O) groups is 4. The Kier molecular flexibility index (Phi) is 11.7. The highest BCUT2D eigenvalue weighted by Crippen LogP contribution is 2.47. The number of anilines is 1. The molecule has 4 heterocycles. The van der Waals surface area contributed by atoms with Crippen LogP contribution < -0.4 is 25.4 Å². The first-order chi connectivity index (χ1) is 26.5. The summed E-state index contributed by atoms with van der Waals surface area (Å²) in [7, 11) is 1.59. The van der Waals surface area contributed by atoms with Crippen LogP contribution in [0.25, 0.3) is 22.3 Å². The van der Waals surface area contributed by atoms with Crippen LogP contribution >= 0.6 is 11.3 Å². The van der Waals surface area contributed by atoms with E-state index in [0.29, 0.717) is 59.5 Å². The summed E-state index contributed by atoms with van der Waals surface area (Å²) in [4.78, 5) is 65.6. The third-order valence-electron chi connectivity index (χ3n) is 11.3. The molecule has 0 spiro atoms. The summed E-state index contributed by atoms with van der Waals surface area (Å²) in [5.74, 6) is -1.07. The molecule has 2 saturated heterocycles. The summed E-state index contributed by atoms with van der Waals surface area (Å²) in [6, 6.07) is 5.57. The van der Waals surface area contributed by atoms with Crippen LogP contribution in [0.3, 0.4) is 0 Å². The van der Waals surface area contributed by atoms with Crippen LogP contribution in [0.4, 0.5) is 9.93 Å². The summed E-state index contributed by atoms with van der Waals surface area (Å²) in [6.07, 6.45) is 7.96. The third kappa shape index (κ3) is 8.76. The summed E-state index contributed by atoms with van der Waals surface area (Å²) in [6.45, 7) is 4.13. The Labute approximate surface area is 325 Å². The van der Waals surface area contributed by atoms with E-state index in [0.717, 1.165) is 56.5 Å². The molecule has 5 atom stereocenters. The molecule has 15 heteroatoms. The Bertz CT molecular complexity index is 1900. The van der Waals surface area contributed by atoms with E-state index < -0.39 is 47.6 Å². The Morgan fingerprint density at radius 3 is 2.47 bits per heavy atom. The number of hydrogen-bond donors (Lipinski definition) is 4. The van der Waals surface area contributed by atoms with Gasteiger partial charge >= 0.3 is 12.1 Å². The molecule has 296 valence electrons. The van der Waals surface area contributed by atoms with Crippen molar-refractivity contribution in [2.24, 2.45) is 5.92 Å². The SMILES string of the molecule is COc1ccc2c(O[C@@H]3C[C@H]4C(=O)N[C@]5(C(=O)O)CC5CCCCCCC[C@H](NC(=O)OC5CCCC5)C(=O)N4C3)cc(-c3csc(NC(C)C)n3)nc2c1. The molecule has 3 aromatic rings. The molecule has 4 aliphatic rings. The van der Waals surface area contributed by atoms with E-state index >= 15 is 0 Å². The van der Waals surface area contributed by atoms with Crippen molar-refractivity contribution in [1.29, 1.82) is 0 Å². The summed E-state index contributed by atoms with van der Waals surface area (Å²) in [5.41, 5.74) is 0.499. The molecule has 2 aliphatic carbocycles. The van der Waals surface area contributed by atoms with Crippen molar-refractivity contribution < 1.29 is 38.5 Å². The zero-order chi connectivity index (χ0) is 38.7. The molecule has 1 aromatic carbocycles. The maximum atomic E-state index is 14.6. The number of carboxylic acids is 1. The highest BCUT2D eigenvalue weighted by molar-refractivity contribution is 7.14. The van der Waals surface area contributed by atoms with E-state index in [1.165, 1.54) is 16.2 Å². The lowest BCUT2D eigenvalue weighted by molar-refractivity contribution is -0.146. The van der Waals surface area contributed by atoms with Crippen molar-refractivity contribution in [3.05, 3.63) is 29.6 Å². The molecule has 7 rings (SSSR count). The fraction of sp³-hybridized carbons (Fsp3) is 0.600. The topological polar surface area (TPSA) is 181 Å². The number of aliphatic carboxylic acids is 1. The predicted octanol–water partition coefficient (Wildman–Crippen LogP) is 6.28. The fourth-order valence-corrected chi connectivity index (χ4v) is 9.15. The average Bonchev–Trinajstić information content (AvgIpc) is 3.58. The maximum Gasteiger partial charge on any atom is 0.408 e. The number of carbonyl (C=O) groups excluding carboxylic acids is 3. The second kappa shape index (κ2) is 16.6. The second-order valence-corrected chi connectivity index (χ2v) is 16.6. The monoisotopic (exact) mass is 776 g/mol. The Hall–Kier alpha value is -4.66. The first kappa shape index (κ1) is 38.6. The van der Waals surface area contributed by atoms with Gasteiger partial charge in [-0.3, -0.25) is 9.59 Å². The Morgan fingerprint density at radius 1 is 0.982 bits per heavy atom. The van der Waals surface area contributed by atoms with Gasteiger partial charge in [0.1, 0.15) is 47.0 Å². The Morgan fingerprint density at radius 2 is 1.73 bits per heavy atom. The van der Waals surface area contributed by atoms with Gasteiger partial charge in [-0.15, -0.1) is 11.3 Å². The van der Waals surface area contributed by atoms with Gasteiger partial charge in [0.15, 0.2) is 5.13 Å². The summed E-state index contributed by atoms with van der Waals surface area (Å²) in [5, 5.41) is 22.7. The van der Waals surface area contributed by atoms with E-state index in [-0.39, 0.29) is 31.0 Å². The van der Waals surface area contributed by atoms with Crippen LogP contribution in [0.5, 0.6) is 11.5 Å². The maximum absolute atomic E-state index is 14.6. The number of rotatable bonds is 9. The highest BCUT2D eigenvalue weighted by atomic mass is 32.1. The number of nitrogens with one attached hydrogen (secondary N) is 3. The number of alkyl carbamates (subject to hydrolysis) is 1. The third-order valence-corrected chi connectivity index (χ3v) is 12.1. The van der Waals surface area contributed by atoms with Gasteiger partial charge in [0, 0.05) is 35.4 Å². The van der Waals surface area contributed by atoms with E-state index in [1.807, 2.05) is 43.5 Å². The zero-order valence-electron chi connectivity index (χ0n) is 31.8. The smallest absolute Gasteiger partial charge is 0.408 e. The van der Waals surface area contributed by atoms with Crippen molar-refractivity contribution in [3.8, 4) is 22.9 Å². The molecule has 55 heavy (non-hydrogen) atoms.